The molecule has 0 amide bonds. The van der Waals surface area contributed by atoms with Crippen molar-refractivity contribution in [1.82, 2.24) is 10.3 Å². The summed E-state index contributed by atoms with van der Waals surface area (Å²) in [7, 11) is 0. The van der Waals surface area contributed by atoms with E-state index in [0.29, 0.717) is 22.9 Å². The van der Waals surface area contributed by atoms with Gasteiger partial charge in [-0.2, -0.15) is 0 Å². The Balaban J connectivity index is 1.70. The lowest BCUT2D eigenvalue weighted by atomic mass is 9.95. The van der Waals surface area contributed by atoms with E-state index in [4.69, 9.17) is 16.0 Å². The van der Waals surface area contributed by atoms with Gasteiger partial charge in [-0.3, -0.25) is 0 Å². The summed E-state index contributed by atoms with van der Waals surface area (Å²) in [5.41, 5.74) is 1.10. The molecule has 1 aliphatic heterocycles. The van der Waals surface area contributed by atoms with Crippen molar-refractivity contribution in [2.75, 3.05) is 13.1 Å². The van der Waals surface area contributed by atoms with Crippen molar-refractivity contribution in [3.63, 3.8) is 0 Å². The normalized spacial score (nSPS) is 20.0. The molecular weight excluding hydrogens is 267 g/mol. The summed E-state index contributed by atoms with van der Waals surface area (Å²) in [6.07, 6.45) is 4.34. The van der Waals surface area contributed by atoms with Crippen molar-refractivity contribution in [3.05, 3.63) is 28.9 Å². The minimum Gasteiger partial charge on any atom is -0.441 e. The van der Waals surface area contributed by atoms with Crippen LogP contribution in [0.4, 0.5) is 4.39 Å². The third kappa shape index (κ3) is 2.90. The van der Waals surface area contributed by atoms with Crippen LogP contribution in [0.25, 0.3) is 11.1 Å². The number of aromatic nitrogens is 1. The number of hydrogen-bond acceptors (Lipinski definition) is 3. The first-order chi connectivity index (χ1) is 9.22. The maximum atomic E-state index is 13.3. The molecule has 102 valence electrons. The van der Waals surface area contributed by atoms with E-state index in [0.717, 1.165) is 25.9 Å². The van der Waals surface area contributed by atoms with Crippen LogP contribution in [-0.2, 0) is 6.42 Å². The SMILES string of the molecule is Fc1cc2oc(CCC3CCCNC3)nc2cc1Cl. The van der Waals surface area contributed by atoms with E-state index < -0.39 is 5.82 Å². The largest absolute Gasteiger partial charge is 0.441 e. The Hall–Kier alpha value is -1.13. The van der Waals surface area contributed by atoms with Crippen LogP contribution in [0.2, 0.25) is 5.02 Å². The zero-order valence-electron chi connectivity index (χ0n) is 10.6. The molecule has 0 aliphatic carbocycles. The van der Waals surface area contributed by atoms with Gasteiger partial charge in [0.25, 0.3) is 0 Å². The number of nitrogens with one attached hydrogen (secondary N) is 1. The highest BCUT2D eigenvalue weighted by Crippen LogP contribution is 2.25. The first-order valence-electron chi connectivity index (χ1n) is 6.67. The number of piperidine rings is 1. The Morgan fingerprint density at radius 2 is 2.37 bits per heavy atom. The van der Waals surface area contributed by atoms with E-state index in [1.807, 2.05) is 0 Å². The molecular formula is C14H16ClFN2O. The Kier molecular flexibility index (Phi) is 3.71. The van der Waals surface area contributed by atoms with Crippen LogP contribution in [-0.4, -0.2) is 18.1 Å². The molecule has 19 heavy (non-hydrogen) atoms. The second kappa shape index (κ2) is 5.47. The van der Waals surface area contributed by atoms with Crippen LogP contribution in [0.3, 0.4) is 0 Å². The van der Waals surface area contributed by atoms with E-state index in [1.54, 1.807) is 0 Å². The van der Waals surface area contributed by atoms with Crippen molar-refractivity contribution < 1.29 is 8.81 Å². The Morgan fingerprint density at radius 3 is 3.16 bits per heavy atom. The molecule has 1 aromatic heterocycles. The monoisotopic (exact) mass is 282 g/mol. The molecule has 5 heteroatoms. The fourth-order valence-corrected chi connectivity index (χ4v) is 2.73. The Labute approximate surface area is 116 Å². The molecule has 0 bridgehead atoms. The second-order valence-electron chi connectivity index (χ2n) is 5.09. The highest BCUT2D eigenvalue weighted by Gasteiger charge is 2.15. The zero-order valence-corrected chi connectivity index (χ0v) is 11.3. The van der Waals surface area contributed by atoms with E-state index in [-0.39, 0.29) is 5.02 Å². The van der Waals surface area contributed by atoms with Crippen LogP contribution in [0.1, 0.15) is 25.2 Å². The molecule has 1 atom stereocenters. The molecule has 1 saturated heterocycles. The molecule has 1 unspecified atom stereocenters. The number of oxazole rings is 1. The van der Waals surface area contributed by atoms with E-state index in [1.165, 1.54) is 25.0 Å². The fraction of sp³-hybridized carbons (Fsp3) is 0.500. The van der Waals surface area contributed by atoms with Gasteiger partial charge in [-0.05, 0) is 44.3 Å². The molecule has 0 radical (unpaired) electrons. The number of hydrogen-bond donors (Lipinski definition) is 1. The Morgan fingerprint density at radius 1 is 1.47 bits per heavy atom. The lowest BCUT2D eigenvalue weighted by molar-refractivity contribution is 0.347. The van der Waals surface area contributed by atoms with Gasteiger partial charge in [-0.1, -0.05) is 11.6 Å². The number of benzene rings is 1. The third-order valence-electron chi connectivity index (χ3n) is 3.64. The van der Waals surface area contributed by atoms with Crippen LogP contribution >= 0.6 is 11.6 Å². The summed E-state index contributed by atoms with van der Waals surface area (Å²) >= 11 is 5.73. The Bertz CT molecular complexity index is 539. The number of fused-ring (bicyclic) bond motifs is 1. The predicted octanol–water partition coefficient (Wildman–Crippen LogP) is 3.55. The third-order valence-corrected chi connectivity index (χ3v) is 3.93. The molecule has 2 aromatic rings. The highest BCUT2D eigenvalue weighted by atomic mass is 35.5. The van der Waals surface area contributed by atoms with Gasteiger partial charge >= 0.3 is 0 Å². The quantitative estimate of drug-likeness (QED) is 0.935. The van der Waals surface area contributed by atoms with Gasteiger partial charge in [0.1, 0.15) is 11.3 Å². The molecule has 1 N–H and O–H groups in total. The fourth-order valence-electron chi connectivity index (χ4n) is 2.58. The standard InChI is InChI=1S/C14H16ClFN2O/c15-10-6-12-13(7-11(10)16)19-14(18-12)4-3-9-2-1-5-17-8-9/h6-7,9,17H,1-5,8H2. The summed E-state index contributed by atoms with van der Waals surface area (Å²) in [6, 6.07) is 2.82. The summed E-state index contributed by atoms with van der Waals surface area (Å²) in [5, 5.41) is 3.48. The molecule has 0 saturated carbocycles. The zero-order chi connectivity index (χ0) is 13.2. The maximum Gasteiger partial charge on any atom is 0.195 e. The van der Waals surface area contributed by atoms with E-state index in [9.17, 15) is 4.39 Å². The molecule has 3 nitrogen and oxygen atoms in total. The molecule has 1 fully saturated rings. The first kappa shape index (κ1) is 12.9. The average molecular weight is 283 g/mol. The number of halogens is 2. The van der Waals surface area contributed by atoms with Crippen LogP contribution in [0.15, 0.2) is 16.5 Å². The molecule has 1 aliphatic rings. The smallest absolute Gasteiger partial charge is 0.195 e. The van der Waals surface area contributed by atoms with Gasteiger partial charge in [-0.15, -0.1) is 0 Å². The van der Waals surface area contributed by atoms with Crippen LogP contribution in [0.5, 0.6) is 0 Å². The van der Waals surface area contributed by atoms with Crippen molar-refractivity contribution >= 4 is 22.7 Å². The minimum absolute atomic E-state index is 0.0869. The van der Waals surface area contributed by atoms with E-state index >= 15 is 0 Å². The van der Waals surface area contributed by atoms with Crippen molar-refractivity contribution in [1.29, 1.82) is 0 Å². The van der Waals surface area contributed by atoms with Gasteiger partial charge < -0.3 is 9.73 Å². The summed E-state index contributed by atoms with van der Waals surface area (Å²) in [5.74, 6) is 0.889. The lowest BCUT2D eigenvalue weighted by Gasteiger charge is -2.21. The van der Waals surface area contributed by atoms with Crippen molar-refractivity contribution in [2.45, 2.75) is 25.7 Å². The van der Waals surface area contributed by atoms with E-state index in [2.05, 4.69) is 10.3 Å². The minimum atomic E-state index is -0.464. The van der Waals surface area contributed by atoms with Crippen LogP contribution in [0, 0.1) is 11.7 Å². The van der Waals surface area contributed by atoms with Crippen molar-refractivity contribution in [3.8, 4) is 0 Å². The first-order valence-corrected chi connectivity index (χ1v) is 7.05. The van der Waals surface area contributed by atoms with Crippen molar-refractivity contribution in [2.24, 2.45) is 5.92 Å². The van der Waals surface area contributed by atoms with Gasteiger partial charge in [0.2, 0.25) is 0 Å². The summed E-state index contributed by atoms with van der Waals surface area (Å²) in [4.78, 5) is 4.36. The number of nitrogens with zero attached hydrogens (tertiary/aromatic N) is 1. The number of rotatable bonds is 3. The lowest BCUT2D eigenvalue weighted by Crippen LogP contribution is -2.29. The predicted molar refractivity (Wildman–Crippen MR) is 72.9 cm³/mol. The second-order valence-corrected chi connectivity index (χ2v) is 5.50. The highest BCUT2D eigenvalue weighted by molar-refractivity contribution is 6.31. The summed E-state index contributed by atoms with van der Waals surface area (Å²) < 4.78 is 18.9. The topological polar surface area (TPSA) is 38.1 Å². The van der Waals surface area contributed by atoms with Crippen LogP contribution < -0.4 is 5.32 Å². The number of aryl methyl sites for hydroxylation is 1. The molecule has 2 heterocycles. The molecule has 0 spiro atoms. The maximum absolute atomic E-state index is 13.3. The summed E-state index contributed by atoms with van der Waals surface area (Å²) in [6.45, 7) is 2.19. The average Bonchev–Trinajstić information content (AvgIpc) is 2.80. The molecule has 3 rings (SSSR count). The van der Waals surface area contributed by atoms with Gasteiger partial charge in [-0.25, -0.2) is 9.37 Å². The van der Waals surface area contributed by atoms with Gasteiger partial charge in [0.05, 0.1) is 5.02 Å². The van der Waals surface area contributed by atoms with Gasteiger partial charge in [0, 0.05) is 12.5 Å². The van der Waals surface area contributed by atoms with Gasteiger partial charge in [0.15, 0.2) is 11.5 Å². The molecule has 1 aromatic carbocycles.